The molecule has 22 heavy (non-hydrogen) atoms. The van der Waals surface area contributed by atoms with Crippen molar-refractivity contribution in [3.63, 3.8) is 0 Å². The van der Waals surface area contributed by atoms with E-state index in [-0.39, 0.29) is 18.0 Å². The lowest BCUT2D eigenvalue weighted by Gasteiger charge is -2.12. The van der Waals surface area contributed by atoms with Crippen molar-refractivity contribution in [2.24, 2.45) is 0 Å². The molecule has 1 aromatic carbocycles. The molecule has 8 heteroatoms. The Hall–Kier alpha value is -2.48. The molecular weight excluding hydrogens is 303 g/mol. The number of benzene rings is 1. The number of hydrogen-bond acceptors (Lipinski definition) is 4. The van der Waals surface area contributed by atoms with Gasteiger partial charge in [0.2, 0.25) is 0 Å². The van der Waals surface area contributed by atoms with Gasteiger partial charge in [0.05, 0.1) is 12.8 Å². The standard InChI is InChI=1S/C14H12F3NO4/c1-21-12-4-2-8(11-5-3-9(7-19)22-11)6-10(12)18-13(20)14(15,16)17/h2-6,19H,7H2,1H3,(H,18,20). The van der Waals surface area contributed by atoms with Gasteiger partial charge in [-0.3, -0.25) is 4.79 Å². The van der Waals surface area contributed by atoms with Crippen LogP contribution in [0.3, 0.4) is 0 Å². The van der Waals surface area contributed by atoms with Crippen molar-refractivity contribution in [1.29, 1.82) is 0 Å². The smallest absolute Gasteiger partial charge is 0.471 e. The largest absolute Gasteiger partial charge is 0.495 e. The molecule has 1 aromatic heterocycles. The number of hydrogen-bond donors (Lipinski definition) is 2. The van der Waals surface area contributed by atoms with Gasteiger partial charge in [0.15, 0.2) is 0 Å². The summed E-state index contributed by atoms with van der Waals surface area (Å²) in [6.07, 6.45) is -5.00. The Balaban J connectivity index is 2.35. The van der Waals surface area contributed by atoms with E-state index in [0.29, 0.717) is 17.1 Å². The fourth-order valence-electron chi connectivity index (χ4n) is 1.77. The predicted molar refractivity (Wildman–Crippen MR) is 71.3 cm³/mol. The Labute approximate surface area is 123 Å². The van der Waals surface area contributed by atoms with E-state index in [4.69, 9.17) is 14.3 Å². The number of amides is 1. The van der Waals surface area contributed by atoms with Crippen LogP contribution in [-0.4, -0.2) is 24.3 Å². The normalized spacial score (nSPS) is 11.3. The van der Waals surface area contributed by atoms with E-state index in [1.54, 1.807) is 17.4 Å². The number of alkyl halides is 3. The Morgan fingerprint density at radius 3 is 2.59 bits per heavy atom. The molecular formula is C14H12F3NO4. The molecule has 2 N–H and O–H groups in total. The molecule has 0 bridgehead atoms. The maximum Gasteiger partial charge on any atom is 0.471 e. The van der Waals surface area contributed by atoms with Gasteiger partial charge < -0.3 is 19.6 Å². The van der Waals surface area contributed by atoms with Crippen molar-refractivity contribution in [3.8, 4) is 17.1 Å². The highest BCUT2D eigenvalue weighted by Crippen LogP contribution is 2.32. The van der Waals surface area contributed by atoms with Gasteiger partial charge in [-0.25, -0.2) is 0 Å². The van der Waals surface area contributed by atoms with Crippen LogP contribution in [0.15, 0.2) is 34.7 Å². The van der Waals surface area contributed by atoms with E-state index in [1.165, 1.54) is 25.3 Å². The van der Waals surface area contributed by atoms with Gasteiger partial charge in [-0.1, -0.05) is 0 Å². The number of carbonyl (C=O) groups excluding carboxylic acids is 1. The number of rotatable bonds is 4. The minimum absolute atomic E-state index is 0.0790. The predicted octanol–water partition coefficient (Wildman–Crippen LogP) is 2.95. The summed E-state index contributed by atoms with van der Waals surface area (Å²) in [4.78, 5) is 11.1. The summed E-state index contributed by atoms with van der Waals surface area (Å²) >= 11 is 0. The SMILES string of the molecule is COc1ccc(-c2ccc(CO)o2)cc1NC(=O)C(F)(F)F. The second-order valence-corrected chi connectivity index (χ2v) is 4.29. The lowest BCUT2D eigenvalue weighted by atomic mass is 10.1. The average molecular weight is 315 g/mol. The van der Waals surface area contributed by atoms with Crippen LogP contribution in [0.25, 0.3) is 11.3 Å². The molecule has 0 aliphatic carbocycles. The van der Waals surface area contributed by atoms with Crippen molar-refractivity contribution in [2.75, 3.05) is 12.4 Å². The first-order valence-electron chi connectivity index (χ1n) is 6.11. The number of carbonyl (C=O) groups is 1. The third kappa shape index (κ3) is 3.40. The first kappa shape index (κ1) is 15.9. The van der Waals surface area contributed by atoms with E-state index in [9.17, 15) is 18.0 Å². The fourth-order valence-corrected chi connectivity index (χ4v) is 1.77. The summed E-state index contributed by atoms with van der Waals surface area (Å²) < 4.78 is 47.2. The van der Waals surface area contributed by atoms with Gasteiger partial charge in [0.1, 0.15) is 23.9 Å². The minimum Gasteiger partial charge on any atom is -0.495 e. The first-order chi connectivity index (χ1) is 10.3. The van der Waals surface area contributed by atoms with Crippen molar-refractivity contribution in [3.05, 3.63) is 36.1 Å². The summed E-state index contributed by atoms with van der Waals surface area (Å²) in [5.74, 6) is -1.37. The molecule has 0 fully saturated rings. The lowest BCUT2D eigenvalue weighted by molar-refractivity contribution is -0.167. The van der Waals surface area contributed by atoms with Gasteiger partial charge in [0, 0.05) is 5.56 Å². The molecule has 0 atom stereocenters. The fraction of sp³-hybridized carbons (Fsp3) is 0.214. The summed E-state index contributed by atoms with van der Waals surface area (Å²) in [5, 5.41) is 10.7. The number of aliphatic hydroxyl groups excluding tert-OH is 1. The minimum atomic E-state index is -5.00. The Morgan fingerprint density at radius 1 is 1.32 bits per heavy atom. The topological polar surface area (TPSA) is 71.7 Å². The van der Waals surface area contributed by atoms with Crippen LogP contribution in [0.2, 0.25) is 0 Å². The summed E-state index contributed by atoms with van der Waals surface area (Å²) in [6, 6.07) is 7.35. The zero-order chi connectivity index (χ0) is 16.3. The van der Waals surface area contributed by atoms with Gasteiger partial charge in [0.25, 0.3) is 0 Å². The summed E-state index contributed by atoms with van der Waals surface area (Å²) in [5.41, 5.74) is 0.294. The maximum atomic E-state index is 12.3. The van der Waals surface area contributed by atoms with Gasteiger partial charge in [-0.2, -0.15) is 13.2 Å². The number of furan rings is 1. The molecule has 118 valence electrons. The van der Waals surface area contributed by atoms with Crippen LogP contribution >= 0.6 is 0 Å². The molecule has 0 saturated heterocycles. The zero-order valence-electron chi connectivity index (χ0n) is 11.4. The number of methoxy groups -OCH3 is 1. The van der Waals surface area contributed by atoms with E-state index in [0.717, 1.165) is 0 Å². The van der Waals surface area contributed by atoms with E-state index < -0.39 is 12.1 Å². The molecule has 5 nitrogen and oxygen atoms in total. The Morgan fingerprint density at radius 2 is 2.05 bits per heavy atom. The number of ether oxygens (including phenoxy) is 1. The molecule has 0 spiro atoms. The van der Waals surface area contributed by atoms with Crippen molar-refractivity contribution >= 4 is 11.6 Å². The monoisotopic (exact) mass is 315 g/mol. The highest BCUT2D eigenvalue weighted by molar-refractivity contribution is 5.96. The third-order valence-electron chi connectivity index (χ3n) is 2.81. The van der Waals surface area contributed by atoms with Gasteiger partial charge in [-0.15, -0.1) is 0 Å². The number of anilines is 1. The highest BCUT2D eigenvalue weighted by Gasteiger charge is 2.39. The second kappa shape index (κ2) is 6.10. The quantitative estimate of drug-likeness (QED) is 0.910. The first-order valence-corrected chi connectivity index (χ1v) is 6.11. The summed E-state index contributed by atoms with van der Waals surface area (Å²) in [7, 11) is 1.27. The van der Waals surface area contributed by atoms with Crippen molar-refractivity contribution < 1.29 is 32.2 Å². The van der Waals surface area contributed by atoms with E-state index >= 15 is 0 Å². The average Bonchev–Trinajstić information content (AvgIpc) is 2.95. The molecule has 0 unspecified atom stereocenters. The molecule has 0 aliphatic heterocycles. The molecule has 0 radical (unpaired) electrons. The van der Waals surface area contributed by atoms with E-state index in [1.807, 2.05) is 0 Å². The highest BCUT2D eigenvalue weighted by atomic mass is 19.4. The molecule has 0 saturated carbocycles. The summed E-state index contributed by atoms with van der Waals surface area (Å²) in [6.45, 7) is -0.298. The molecule has 2 aromatic rings. The number of nitrogens with one attached hydrogen (secondary N) is 1. The Kier molecular flexibility index (Phi) is 4.41. The lowest BCUT2D eigenvalue weighted by Crippen LogP contribution is -2.30. The van der Waals surface area contributed by atoms with E-state index in [2.05, 4.69) is 0 Å². The van der Waals surface area contributed by atoms with Crippen LogP contribution in [0, 0.1) is 0 Å². The van der Waals surface area contributed by atoms with Crippen LogP contribution in [0.5, 0.6) is 5.75 Å². The molecule has 1 heterocycles. The van der Waals surface area contributed by atoms with Crippen molar-refractivity contribution in [2.45, 2.75) is 12.8 Å². The van der Waals surface area contributed by atoms with Gasteiger partial charge in [-0.05, 0) is 30.3 Å². The third-order valence-corrected chi connectivity index (χ3v) is 2.81. The van der Waals surface area contributed by atoms with Crippen LogP contribution in [0.1, 0.15) is 5.76 Å². The molecule has 1 amide bonds. The number of aliphatic hydroxyl groups is 1. The van der Waals surface area contributed by atoms with Crippen LogP contribution < -0.4 is 10.1 Å². The number of halogens is 3. The van der Waals surface area contributed by atoms with Gasteiger partial charge >= 0.3 is 12.1 Å². The molecule has 2 rings (SSSR count). The second-order valence-electron chi connectivity index (χ2n) is 4.29. The molecule has 0 aliphatic rings. The Bertz CT molecular complexity index is 679. The van der Waals surface area contributed by atoms with Crippen LogP contribution in [-0.2, 0) is 11.4 Å². The van der Waals surface area contributed by atoms with Crippen LogP contribution in [0.4, 0.5) is 18.9 Å². The zero-order valence-corrected chi connectivity index (χ0v) is 11.4. The maximum absolute atomic E-state index is 12.3. The van der Waals surface area contributed by atoms with Crippen molar-refractivity contribution in [1.82, 2.24) is 0 Å².